The highest BCUT2D eigenvalue weighted by atomic mass is 16.5. The van der Waals surface area contributed by atoms with Gasteiger partial charge in [-0.25, -0.2) is 0 Å². The molecule has 0 spiro atoms. The second-order valence-electron chi connectivity index (χ2n) is 9.70. The van der Waals surface area contributed by atoms with E-state index in [1.54, 1.807) is 0 Å². The Kier molecular flexibility index (Phi) is 4.35. The summed E-state index contributed by atoms with van der Waals surface area (Å²) in [5, 5.41) is 1.25. The second kappa shape index (κ2) is 7.87. The third kappa shape index (κ3) is 3.01. The van der Waals surface area contributed by atoms with Crippen LogP contribution < -0.4 is 9.47 Å². The Morgan fingerprint density at radius 2 is 0.865 bits per heavy atom. The lowest BCUT2D eigenvalue weighted by molar-refractivity contribution is 0.436. The minimum absolute atomic E-state index is 0.00475. The van der Waals surface area contributed by atoms with E-state index in [2.05, 4.69) is 108 Å². The molecule has 0 radical (unpaired) electrons. The van der Waals surface area contributed by atoms with E-state index in [0.29, 0.717) is 0 Å². The standard InChI is InChI=1S/C34H23NO2/c1-6-16-28-22(11-1)27(33-23-12-2-7-17-29(23)36-30-18-8-3-13-24(30)33)21-35(28)34-25-14-4-9-19-31(25)37-32-20-10-5-15-26(32)34/h1-21,33-34H. The normalized spacial score (nSPS) is 14.2. The molecule has 0 N–H and O–H groups in total. The van der Waals surface area contributed by atoms with E-state index in [0.717, 1.165) is 23.0 Å². The highest BCUT2D eigenvalue weighted by Crippen LogP contribution is 2.51. The third-order valence-corrected chi connectivity index (χ3v) is 7.69. The Morgan fingerprint density at radius 3 is 1.43 bits per heavy atom. The zero-order valence-corrected chi connectivity index (χ0v) is 20.0. The smallest absolute Gasteiger partial charge is 0.133 e. The maximum atomic E-state index is 6.33. The zero-order chi connectivity index (χ0) is 24.3. The Balaban J connectivity index is 1.42. The molecule has 0 unspecified atom stereocenters. The van der Waals surface area contributed by atoms with E-state index in [9.17, 15) is 0 Å². The van der Waals surface area contributed by atoms with E-state index in [1.165, 1.54) is 38.7 Å². The molecule has 0 saturated heterocycles. The number of rotatable bonds is 2. The van der Waals surface area contributed by atoms with Crippen molar-refractivity contribution in [2.24, 2.45) is 0 Å². The van der Waals surface area contributed by atoms with Crippen LogP contribution >= 0.6 is 0 Å². The summed E-state index contributed by atoms with van der Waals surface area (Å²) in [6, 6.07) is 42.4. The van der Waals surface area contributed by atoms with Gasteiger partial charge < -0.3 is 14.0 Å². The van der Waals surface area contributed by atoms with Crippen molar-refractivity contribution in [2.75, 3.05) is 0 Å². The molecule has 0 amide bonds. The van der Waals surface area contributed by atoms with Crippen LogP contribution in [0.25, 0.3) is 10.9 Å². The number of hydrogen-bond acceptors (Lipinski definition) is 2. The number of nitrogens with zero attached hydrogens (tertiary/aromatic N) is 1. The summed E-state index contributed by atoms with van der Waals surface area (Å²) in [6.07, 6.45) is 2.36. The molecule has 3 heteroatoms. The number of hydrogen-bond donors (Lipinski definition) is 0. The SMILES string of the molecule is c1ccc2c(c1)Oc1ccccc1C2c1cn(C2c3ccccc3Oc3ccccc32)c2ccccc12. The predicted octanol–water partition coefficient (Wildman–Crippen LogP) is 8.67. The molecular weight excluding hydrogens is 454 g/mol. The van der Waals surface area contributed by atoms with Crippen LogP contribution in [-0.2, 0) is 0 Å². The van der Waals surface area contributed by atoms with Crippen LogP contribution in [0, 0.1) is 0 Å². The predicted molar refractivity (Wildman–Crippen MR) is 146 cm³/mol. The molecule has 3 heterocycles. The van der Waals surface area contributed by atoms with Crippen molar-refractivity contribution >= 4 is 10.9 Å². The van der Waals surface area contributed by atoms with E-state index < -0.39 is 0 Å². The second-order valence-corrected chi connectivity index (χ2v) is 9.70. The summed E-state index contributed by atoms with van der Waals surface area (Å²) < 4.78 is 15.1. The van der Waals surface area contributed by atoms with Gasteiger partial charge in [0.2, 0.25) is 0 Å². The largest absolute Gasteiger partial charge is 0.457 e. The van der Waals surface area contributed by atoms with Crippen LogP contribution in [0.15, 0.2) is 128 Å². The molecule has 0 atom stereocenters. The van der Waals surface area contributed by atoms with Gasteiger partial charge in [-0.2, -0.15) is 0 Å². The molecular formula is C34H23NO2. The van der Waals surface area contributed by atoms with Crippen molar-refractivity contribution in [3.05, 3.63) is 155 Å². The van der Waals surface area contributed by atoms with Gasteiger partial charge in [0.1, 0.15) is 23.0 Å². The first kappa shape index (κ1) is 20.4. The molecule has 5 aromatic carbocycles. The van der Waals surface area contributed by atoms with Gasteiger partial charge in [-0.1, -0.05) is 91.0 Å². The Morgan fingerprint density at radius 1 is 0.432 bits per heavy atom. The van der Waals surface area contributed by atoms with Crippen LogP contribution in [0.2, 0.25) is 0 Å². The summed E-state index contributed by atoms with van der Waals surface area (Å²) in [4.78, 5) is 0. The first-order valence-electron chi connectivity index (χ1n) is 12.7. The molecule has 2 aliphatic heterocycles. The van der Waals surface area contributed by atoms with Gasteiger partial charge in [-0.3, -0.25) is 0 Å². The molecule has 2 aliphatic rings. The molecule has 0 aliphatic carbocycles. The first-order valence-corrected chi connectivity index (χ1v) is 12.7. The van der Waals surface area contributed by atoms with Gasteiger partial charge >= 0.3 is 0 Å². The lowest BCUT2D eigenvalue weighted by Gasteiger charge is -2.30. The van der Waals surface area contributed by atoms with Crippen LogP contribution in [0.1, 0.15) is 39.8 Å². The summed E-state index contributed by atoms with van der Waals surface area (Å²) in [7, 11) is 0. The minimum atomic E-state index is 0.00475. The van der Waals surface area contributed by atoms with E-state index in [1.807, 2.05) is 24.3 Å². The molecule has 6 aromatic rings. The number of ether oxygens (including phenoxy) is 2. The van der Waals surface area contributed by atoms with Crippen molar-refractivity contribution in [3.63, 3.8) is 0 Å². The number of aromatic nitrogens is 1. The minimum Gasteiger partial charge on any atom is -0.457 e. The molecule has 0 bridgehead atoms. The fourth-order valence-corrected chi connectivity index (χ4v) is 6.10. The molecule has 37 heavy (non-hydrogen) atoms. The topological polar surface area (TPSA) is 23.4 Å². The highest BCUT2D eigenvalue weighted by Gasteiger charge is 2.34. The van der Waals surface area contributed by atoms with Gasteiger partial charge in [0.15, 0.2) is 0 Å². The molecule has 3 nitrogen and oxygen atoms in total. The van der Waals surface area contributed by atoms with Crippen molar-refractivity contribution in [1.82, 2.24) is 4.57 Å². The molecule has 0 fully saturated rings. The third-order valence-electron chi connectivity index (χ3n) is 7.69. The Labute approximate surface area is 215 Å². The van der Waals surface area contributed by atoms with Crippen molar-refractivity contribution < 1.29 is 9.47 Å². The Bertz CT molecular complexity index is 1590. The maximum Gasteiger partial charge on any atom is 0.133 e. The molecule has 176 valence electrons. The molecule has 0 saturated carbocycles. The quantitative estimate of drug-likeness (QED) is 0.249. The van der Waals surface area contributed by atoms with Crippen LogP contribution in [0.3, 0.4) is 0 Å². The van der Waals surface area contributed by atoms with E-state index in [4.69, 9.17) is 9.47 Å². The van der Waals surface area contributed by atoms with Crippen molar-refractivity contribution in [1.29, 1.82) is 0 Å². The lowest BCUT2D eigenvalue weighted by atomic mass is 9.82. The average molecular weight is 478 g/mol. The number of fused-ring (bicyclic) bond motifs is 5. The van der Waals surface area contributed by atoms with E-state index in [-0.39, 0.29) is 12.0 Å². The summed E-state index contributed by atoms with van der Waals surface area (Å²) in [5.41, 5.74) is 7.20. The summed E-state index contributed by atoms with van der Waals surface area (Å²) in [6.45, 7) is 0. The fourth-order valence-electron chi connectivity index (χ4n) is 6.10. The Hall–Kier alpha value is -4.76. The van der Waals surface area contributed by atoms with Gasteiger partial charge in [0, 0.05) is 45.3 Å². The van der Waals surface area contributed by atoms with Gasteiger partial charge in [-0.05, 0) is 35.9 Å². The van der Waals surface area contributed by atoms with E-state index >= 15 is 0 Å². The summed E-state index contributed by atoms with van der Waals surface area (Å²) >= 11 is 0. The maximum absolute atomic E-state index is 6.33. The van der Waals surface area contributed by atoms with Crippen LogP contribution in [0.4, 0.5) is 0 Å². The monoisotopic (exact) mass is 477 g/mol. The van der Waals surface area contributed by atoms with Gasteiger partial charge in [0.05, 0.1) is 6.04 Å². The van der Waals surface area contributed by atoms with Gasteiger partial charge in [-0.15, -0.1) is 0 Å². The summed E-state index contributed by atoms with van der Waals surface area (Å²) in [5.74, 6) is 3.73. The zero-order valence-electron chi connectivity index (χ0n) is 20.0. The molecule has 1 aromatic heterocycles. The van der Waals surface area contributed by atoms with Crippen LogP contribution in [-0.4, -0.2) is 4.57 Å². The average Bonchev–Trinajstić information content (AvgIpc) is 3.33. The number of para-hydroxylation sites is 5. The first-order chi connectivity index (χ1) is 18.4. The van der Waals surface area contributed by atoms with Crippen molar-refractivity contribution in [3.8, 4) is 23.0 Å². The molecule has 8 rings (SSSR count). The van der Waals surface area contributed by atoms with Gasteiger partial charge in [0.25, 0.3) is 0 Å². The highest BCUT2D eigenvalue weighted by molar-refractivity contribution is 5.87. The number of benzene rings is 5. The lowest BCUT2D eigenvalue weighted by Crippen LogP contribution is -2.17. The fraction of sp³-hybridized carbons (Fsp3) is 0.0588. The van der Waals surface area contributed by atoms with Crippen molar-refractivity contribution in [2.45, 2.75) is 12.0 Å². The van der Waals surface area contributed by atoms with Crippen LogP contribution in [0.5, 0.6) is 23.0 Å².